The molecule has 0 aromatic carbocycles. The van der Waals surface area contributed by atoms with Crippen molar-refractivity contribution >= 4 is 0 Å². The van der Waals surface area contributed by atoms with Crippen molar-refractivity contribution in [2.24, 2.45) is 0 Å². The molecule has 0 spiro atoms. The Kier molecular flexibility index (Phi) is 5.46. The maximum atomic E-state index is 6.20. The normalized spacial score (nSPS) is 36.5. The van der Waals surface area contributed by atoms with Gasteiger partial charge in [0.05, 0.1) is 24.9 Å². The number of nitrogens with one attached hydrogen (secondary N) is 1. The van der Waals surface area contributed by atoms with Crippen LogP contribution in [0.4, 0.5) is 0 Å². The summed E-state index contributed by atoms with van der Waals surface area (Å²) >= 11 is 0. The van der Waals surface area contributed by atoms with Gasteiger partial charge in [-0.3, -0.25) is 4.90 Å². The second-order valence-corrected chi connectivity index (χ2v) is 7.54. The lowest BCUT2D eigenvalue weighted by atomic mass is 10.1. The predicted octanol–water partition coefficient (Wildman–Crippen LogP) is 2.03. The number of rotatable bonds is 4. The van der Waals surface area contributed by atoms with E-state index in [4.69, 9.17) is 9.47 Å². The fourth-order valence-electron chi connectivity index (χ4n) is 2.97. The van der Waals surface area contributed by atoms with Crippen LogP contribution in [0.3, 0.4) is 0 Å². The molecule has 0 bridgehead atoms. The Bertz CT molecular complexity index is 303. The molecule has 0 aromatic rings. The SMILES string of the molecule is CC1CN(CC2CCC(CNC(C)(C)C)O2)C(C)CO1. The predicted molar refractivity (Wildman–Crippen MR) is 82.1 cm³/mol. The van der Waals surface area contributed by atoms with E-state index in [-0.39, 0.29) is 5.54 Å². The Labute approximate surface area is 124 Å². The Morgan fingerprint density at radius 3 is 2.55 bits per heavy atom. The maximum absolute atomic E-state index is 6.20. The summed E-state index contributed by atoms with van der Waals surface area (Å²) in [6.07, 6.45) is 3.50. The van der Waals surface area contributed by atoms with E-state index in [9.17, 15) is 0 Å². The Morgan fingerprint density at radius 1 is 1.15 bits per heavy atom. The molecule has 0 saturated carbocycles. The molecule has 1 N–H and O–H groups in total. The van der Waals surface area contributed by atoms with E-state index in [2.05, 4.69) is 44.8 Å². The van der Waals surface area contributed by atoms with Crippen molar-refractivity contribution in [2.45, 2.75) is 77.4 Å². The van der Waals surface area contributed by atoms with Gasteiger partial charge < -0.3 is 14.8 Å². The summed E-state index contributed by atoms with van der Waals surface area (Å²) in [4.78, 5) is 2.53. The summed E-state index contributed by atoms with van der Waals surface area (Å²) in [5.41, 5.74) is 0.176. The highest BCUT2D eigenvalue weighted by Crippen LogP contribution is 2.22. The van der Waals surface area contributed by atoms with E-state index in [1.807, 2.05) is 0 Å². The third kappa shape index (κ3) is 4.99. The third-order valence-electron chi connectivity index (χ3n) is 4.23. The van der Waals surface area contributed by atoms with Gasteiger partial charge in [-0.1, -0.05) is 0 Å². The van der Waals surface area contributed by atoms with Crippen LogP contribution in [0.25, 0.3) is 0 Å². The van der Waals surface area contributed by atoms with E-state index in [0.717, 1.165) is 26.2 Å². The molecule has 2 aliphatic rings. The van der Waals surface area contributed by atoms with Crippen molar-refractivity contribution in [3.63, 3.8) is 0 Å². The van der Waals surface area contributed by atoms with Gasteiger partial charge in [0.15, 0.2) is 0 Å². The van der Waals surface area contributed by atoms with E-state index >= 15 is 0 Å². The fraction of sp³-hybridized carbons (Fsp3) is 1.00. The monoisotopic (exact) mass is 284 g/mol. The van der Waals surface area contributed by atoms with Crippen LogP contribution in [0.5, 0.6) is 0 Å². The Morgan fingerprint density at radius 2 is 1.85 bits per heavy atom. The average Bonchev–Trinajstić information content (AvgIpc) is 2.78. The van der Waals surface area contributed by atoms with Crippen molar-refractivity contribution < 1.29 is 9.47 Å². The lowest BCUT2D eigenvalue weighted by molar-refractivity contribution is -0.0692. The lowest BCUT2D eigenvalue weighted by Gasteiger charge is -2.38. The first-order chi connectivity index (χ1) is 9.33. The van der Waals surface area contributed by atoms with E-state index < -0.39 is 0 Å². The van der Waals surface area contributed by atoms with E-state index in [0.29, 0.717) is 24.4 Å². The smallest absolute Gasteiger partial charge is 0.0707 e. The zero-order valence-corrected chi connectivity index (χ0v) is 13.8. The van der Waals surface area contributed by atoms with Crippen molar-refractivity contribution in [1.82, 2.24) is 10.2 Å². The van der Waals surface area contributed by atoms with Gasteiger partial charge in [-0.25, -0.2) is 0 Å². The summed E-state index contributed by atoms with van der Waals surface area (Å²) < 4.78 is 11.9. The molecule has 0 radical (unpaired) electrons. The van der Waals surface area contributed by atoms with Gasteiger partial charge in [0, 0.05) is 31.2 Å². The highest BCUT2D eigenvalue weighted by molar-refractivity contribution is 4.83. The molecular weight excluding hydrogens is 252 g/mol. The van der Waals surface area contributed by atoms with Crippen molar-refractivity contribution in [3.8, 4) is 0 Å². The molecule has 4 heteroatoms. The molecule has 20 heavy (non-hydrogen) atoms. The van der Waals surface area contributed by atoms with Crippen molar-refractivity contribution in [3.05, 3.63) is 0 Å². The van der Waals surface area contributed by atoms with Crippen LogP contribution in [0.15, 0.2) is 0 Å². The standard InChI is InChI=1S/C16H32N2O2/c1-12-11-19-13(2)9-18(12)10-15-7-6-14(20-15)8-17-16(3,4)5/h12-15,17H,6-11H2,1-5H3. The van der Waals surface area contributed by atoms with Gasteiger partial charge in [0.2, 0.25) is 0 Å². The van der Waals surface area contributed by atoms with Gasteiger partial charge in [-0.15, -0.1) is 0 Å². The van der Waals surface area contributed by atoms with Crippen LogP contribution in [0.2, 0.25) is 0 Å². The Balaban J connectivity index is 1.72. The average molecular weight is 284 g/mol. The number of hydrogen-bond donors (Lipinski definition) is 1. The zero-order chi connectivity index (χ0) is 14.8. The molecule has 2 aliphatic heterocycles. The summed E-state index contributed by atoms with van der Waals surface area (Å²) in [6.45, 7) is 14.9. The Hall–Kier alpha value is -0.160. The largest absolute Gasteiger partial charge is 0.376 e. The number of morpholine rings is 1. The van der Waals surface area contributed by atoms with Crippen LogP contribution in [0, 0.1) is 0 Å². The third-order valence-corrected chi connectivity index (χ3v) is 4.23. The van der Waals surface area contributed by atoms with Gasteiger partial charge in [0.25, 0.3) is 0 Å². The fourth-order valence-corrected chi connectivity index (χ4v) is 2.97. The van der Waals surface area contributed by atoms with Gasteiger partial charge in [-0.05, 0) is 47.5 Å². The molecule has 118 valence electrons. The topological polar surface area (TPSA) is 33.7 Å². The first-order valence-corrected chi connectivity index (χ1v) is 8.09. The van der Waals surface area contributed by atoms with Crippen LogP contribution in [-0.2, 0) is 9.47 Å². The summed E-state index contributed by atoms with van der Waals surface area (Å²) in [5, 5.41) is 3.55. The van der Waals surface area contributed by atoms with Gasteiger partial charge in [-0.2, -0.15) is 0 Å². The zero-order valence-electron chi connectivity index (χ0n) is 13.8. The lowest BCUT2D eigenvalue weighted by Crippen LogP contribution is -2.50. The molecule has 2 saturated heterocycles. The molecule has 4 nitrogen and oxygen atoms in total. The van der Waals surface area contributed by atoms with Crippen LogP contribution < -0.4 is 5.32 Å². The minimum atomic E-state index is 0.176. The number of hydrogen-bond acceptors (Lipinski definition) is 4. The van der Waals surface area contributed by atoms with Crippen LogP contribution >= 0.6 is 0 Å². The van der Waals surface area contributed by atoms with Crippen molar-refractivity contribution in [2.75, 3.05) is 26.2 Å². The molecule has 0 aliphatic carbocycles. The highest BCUT2D eigenvalue weighted by Gasteiger charge is 2.31. The number of ether oxygens (including phenoxy) is 2. The van der Waals surface area contributed by atoms with Crippen LogP contribution in [0.1, 0.15) is 47.5 Å². The second-order valence-electron chi connectivity index (χ2n) is 7.54. The molecule has 4 unspecified atom stereocenters. The highest BCUT2D eigenvalue weighted by atomic mass is 16.5. The van der Waals surface area contributed by atoms with Crippen molar-refractivity contribution in [1.29, 1.82) is 0 Å². The number of nitrogens with zero attached hydrogens (tertiary/aromatic N) is 1. The van der Waals surface area contributed by atoms with Crippen LogP contribution in [-0.4, -0.2) is 61.0 Å². The van der Waals surface area contributed by atoms with Gasteiger partial charge in [0.1, 0.15) is 0 Å². The summed E-state index contributed by atoms with van der Waals surface area (Å²) in [7, 11) is 0. The molecule has 2 rings (SSSR count). The molecular formula is C16H32N2O2. The molecule has 0 amide bonds. The molecule has 0 aromatic heterocycles. The van der Waals surface area contributed by atoms with Gasteiger partial charge >= 0.3 is 0 Å². The minimum absolute atomic E-state index is 0.176. The quantitative estimate of drug-likeness (QED) is 0.856. The molecule has 2 heterocycles. The maximum Gasteiger partial charge on any atom is 0.0707 e. The van der Waals surface area contributed by atoms with E-state index in [1.54, 1.807) is 0 Å². The molecule has 4 atom stereocenters. The summed E-state index contributed by atoms with van der Waals surface area (Å²) in [6, 6.07) is 0.515. The molecule has 2 fully saturated rings. The minimum Gasteiger partial charge on any atom is -0.376 e. The first-order valence-electron chi connectivity index (χ1n) is 8.09. The summed E-state index contributed by atoms with van der Waals surface area (Å²) in [5.74, 6) is 0. The van der Waals surface area contributed by atoms with E-state index in [1.165, 1.54) is 12.8 Å². The first kappa shape index (κ1) is 16.2. The second kappa shape index (κ2) is 6.73.